The molecule has 1 aliphatic carbocycles. The molecule has 0 radical (unpaired) electrons. The molecule has 1 aromatic heterocycles. The van der Waals surface area contributed by atoms with Crippen LogP contribution >= 0.6 is 12.4 Å². The van der Waals surface area contributed by atoms with Crippen LogP contribution in [0, 0.1) is 5.82 Å². The molecule has 1 saturated carbocycles. The van der Waals surface area contributed by atoms with E-state index in [1.807, 2.05) is 0 Å². The Morgan fingerprint density at radius 3 is 2.65 bits per heavy atom. The van der Waals surface area contributed by atoms with Gasteiger partial charge in [-0.3, -0.25) is 0 Å². The largest absolute Gasteiger partial charge is 0.390 e. The third kappa shape index (κ3) is 4.21. The Hall–Kier alpha value is -1.17. The molecule has 0 amide bonds. The number of rotatable bonds is 4. The molecule has 1 saturated heterocycles. The second kappa shape index (κ2) is 8.24. The summed E-state index contributed by atoms with van der Waals surface area (Å²) in [4.78, 5) is 2.46. The normalized spacial score (nSPS) is 21.6. The summed E-state index contributed by atoms with van der Waals surface area (Å²) < 4.78 is 18.6. The summed E-state index contributed by atoms with van der Waals surface area (Å²) in [5.41, 5.74) is 1.08. The predicted molar refractivity (Wildman–Crippen MR) is 102 cm³/mol. The van der Waals surface area contributed by atoms with E-state index in [4.69, 9.17) is 4.52 Å². The molecule has 0 unspecified atom stereocenters. The first kappa shape index (κ1) is 19.6. The van der Waals surface area contributed by atoms with Crippen LogP contribution in [0.25, 0.3) is 11.0 Å². The molecule has 2 fully saturated rings. The third-order valence-electron chi connectivity index (χ3n) is 6.11. The molecule has 2 aromatic rings. The van der Waals surface area contributed by atoms with Gasteiger partial charge < -0.3 is 14.5 Å². The second-order valence-corrected chi connectivity index (χ2v) is 7.86. The number of aromatic nitrogens is 1. The van der Waals surface area contributed by atoms with E-state index < -0.39 is 5.60 Å². The molecule has 144 valence electrons. The number of aliphatic hydroxyl groups is 1. The maximum atomic E-state index is 13.3. The minimum Gasteiger partial charge on any atom is -0.390 e. The van der Waals surface area contributed by atoms with Crippen LogP contribution in [0.2, 0.25) is 0 Å². The zero-order valence-electron chi connectivity index (χ0n) is 15.1. The van der Waals surface area contributed by atoms with Gasteiger partial charge in [0.15, 0.2) is 5.58 Å². The van der Waals surface area contributed by atoms with Gasteiger partial charge in [-0.1, -0.05) is 24.4 Å². The van der Waals surface area contributed by atoms with Crippen LogP contribution in [0.3, 0.4) is 0 Å². The average Bonchev–Trinajstić information content (AvgIpc) is 3.04. The molecule has 6 heteroatoms. The van der Waals surface area contributed by atoms with Crippen LogP contribution in [-0.4, -0.2) is 40.4 Å². The maximum Gasteiger partial charge on any atom is 0.170 e. The molecule has 1 aliphatic heterocycles. The van der Waals surface area contributed by atoms with Gasteiger partial charge in [0.05, 0.1) is 11.3 Å². The fourth-order valence-electron chi connectivity index (χ4n) is 4.48. The summed E-state index contributed by atoms with van der Waals surface area (Å²) in [6.07, 6.45) is 8.49. The van der Waals surface area contributed by atoms with Crippen LogP contribution in [-0.2, 0) is 0 Å². The number of hydrogen-bond acceptors (Lipinski definition) is 4. The molecule has 4 nitrogen and oxygen atoms in total. The summed E-state index contributed by atoms with van der Waals surface area (Å²) in [6.45, 7) is 3.03. The van der Waals surface area contributed by atoms with E-state index in [9.17, 15) is 9.50 Å². The Morgan fingerprint density at radius 1 is 1.19 bits per heavy atom. The average molecular weight is 383 g/mol. The first-order valence-electron chi connectivity index (χ1n) is 9.63. The predicted octanol–water partition coefficient (Wildman–Crippen LogP) is 4.65. The van der Waals surface area contributed by atoms with Crippen molar-refractivity contribution in [2.75, 3.05) is 19.6 Å². The lowest BCUT2D eigenvalue weighted by Crippen LogP contribution is -2.39. The molecule has 26 heavy (non-hydrogen) atoms. The molecule has 2 heterocycles. The Bertz CT molecular complexity index is 722. The van der Waals surface area contributed by atoms with Gasteiger partial charge in [0.2, 0.25) is 0 Å². The van der Waals surface area contributed by atoms with Crippen molar-refractivity contribution in [3.8, 4) is 0 Å². The van der Waals surface area contributed by atoms with Gasteiger partial charge in [0.25, 0.3) is 0 Å². The van der Waals surface area contributed by atoms with E-state index in [-0.39, 0.29) is 18.2 Å². The van der Waals surface area contributed by atoms with Crippen molar-refractivity contribution in [3.05, 3.63) is 29.7 Å². The molecular formula is C20H28ClFN2O2. The lowest BCUT2D eigenvalue weighted by atomic mass is 9.82. The standard InChI is InChI=1S/C20H27FN2O2.ClH/c21-16-4-5-17-18(14-16)25-22-19(17)15-6-11-23(12-7-15)13-10-20(24)8-2-1-3-9-20;/h4-5,14-15,24H,1-3,6-13H2;1H. The Labute approximate surface area is 160 Å². The summed E-state index contributed by atoms with van der Waals surface area (Å²) in [5.74, 6) is 0.0893. The molecular weight excluding hydrogens is 355 g/mol. The van der Waals surface area contributed by atoms with Crippen molar-refractivity contribution in [1.29, 1.82) is 0 Å². The van der Waals surface area contributed by atoms with Gasteiger partial charge in [0.1, 0.15) is 5.82 Å². The summed E-state index contributed by atoms with van der Waals surface area (Å²) in [6, 6.07) is 4.66. The number of benzene rings is 1. The Balaban J connectivity index is 0.00000196. The number of hydrogen-bond donors (Lipinski definition) is 1. The number of likely N-dealkylation sites (tertiary alicyclic amines) is 1. The van der Waals surface area contributed by atoms with E-state index in [1.165, 1.54) is 31.4 Å². The second-order valence-electron chi connectivity index (χ2n) is 7.86. The van der Waals surface area contributed by atoms with Gasteiger partial charge in [0, 0.05) is 23.9 Å². The van der Waals surface area contributed by atoms with Gasteiger partial charge in [-0.05, 0) is 57.3 Å². The van der Waals surface area contributed by atoms with Gasteiger partial charge in [-0.15, -0.1) is 12.4 Å². The van der Waals surface area contributed by atoms with Crippen LogP contribution in [0.4, 0.5) is 4.39 Å². The number of halogens is 2. The Morgan fingerprint density at radius 2 is 1.92 bits per heavy atom. The van der Waals surface area contributed by atoms with Crippen LogP contribution in [0.1, 0.15) is 63.0 Å². The van der Waals surface area contributed by atoms with E-state index >= 15 is 0 Å². The highest BCUT2D eigenvalue weighted by Crippen LogP contribution is 2.34. The number of piperidine rings is 1. The minimum absolute atomic E-state index is 0. The van der Waals surface area contributed by atoms with Crippen LogP contribution in [0.5, 0.6) is 0 Å². The molecule has 2 aliphatic rings. The van der Waals surface area contributed by atoms with Crippen molar-refractivity contribution in [2.24, 2.45) is 0 Å². The zero-order chi connectivity index (χ0) is 17.3. The van der Waals surface area contributed by atoms with E-state index in [2.05, 4.69) is 10.1 Å². The van der Waals surface area contributed by atoms with E-state index in [0.717, 1.165) is 62.8 Å². The maximum absolute atomic E-state index is 13.3. The summed E-state index contributed by atoms with van der Waals surface area (Å²) in [7, 11) is 0. The molecule has 1 aromatic carbocycles. The van der Waals surface area contributed by atoms with Crippen LogP contribution < -0.4 is 0 Å². The molecule has 0 atom stereocenters. The molecule has 1 N–H and O–H groups in total. The van der Waals surface area contributed by atoms with Gasteiger partial charge in [-0.2, -0.15) is 0 Å². The summed E-state index contributed by atoms with van der Waals surface area (Å²) >= 11 is 0. The van der Waals surface area contributed by atoms with Gasteiger partial charge >= 0.3 is 0 Å². The minimum atomic E-state index is -0.429. The third-order valence-corrected chi connectivity index (χ3v) is 6.11. The quantitative estimate of drug-likeness (QED) is 0.835. The lowest BCUT2D eigenvalue weighted by molar-refractivity contribution is -0.0130. The number of fused-ring (bicyclic) bond motifs is 1. The highest BCUT2D eigenvalue weighted by atomic mass is 35.5. The smallest absolute Gasteiger partial charge is 0.170 e. The summed E-state index contributed by atoms with van der Waals surface area (Å²) in [5, 5.41) is 15.8. The topological polar surface area (TPSA) is 49.5 Å². The fraction of sp³-hybridized carbons (Fsp3) is 0.650. The zero-order valence-corrected chi connectivity index (χ0v) is 15.9. The Kier molecular flexibility index (Phi) is 6.21. The fourth-order valence-corrected chi connectivity index (χ4v) is 4.48. The van der Waals surface area contributed by atoms with Crippen molar-refractivity contribution in [3.63, 3.8) is 0 Å². The highest BCUT2D eigenvalue weighted by Gasteiger charge is 2.31. The molecule has 0 spiro atoms. The van der Waals surface area contributed by atoms with Crippen molar-refractivity contribution < 1.29 is 14.0 Å². The van der Waals surface area contributed by atoms with Gasteiger partial charge in [-0.25, -0.2) is 4.39 Å². The van der Waals surface area contributed by atoms with Crippen molar-refractivity contribution in [2.45, 2.75) is 62.9 Å². The van der Waals surface area contributed by atoms with Crippen molar-refractivity contribution >= 4 is 23.4 Å². The highest BCUT2D eigenvalue weighted by molar-refractivity contribution is 5.85. The molecule has 0 bridgehead atoms. The SMILES string of the molecule is Cl.OC1(CCN2CCC(c3noc4cc(F)ccc34)CC2)CCCCC1. The van der Waals surface area contributed by atoms with E-state index in [0.29, 0.717) is 11.5 Å². The van der Waals surface area contributed by atoms with Crippen LogP contribution in [0.15, 0.2) is 22.7 Å². The first-order valence-corrected chi connectivity index (χ1v) is 9.63. The van der Waals surface area contributed by atoms with E-state index in [1.54, 1.807) is 6.07 Å². The molecule has 4 rings (SSSR count). The monoisotopic (exact) mass is 382 g/mol. The first-order chi connectivity index (χ1) is 12.1. The number of nitrogens with zero attached hydrogens (tertiary/aromatic N) is 2. The lowest BCUT2D eigenvalue weighted by Gasteiger charge is -2.36. The van der Waals surface area contributed by atoms with Crippen molar-refractivity contribution in [1.82, 2.24) is 10.1 Å².